The molecule has 0 spiro atoms. The number of thiazole rings is 1. The normalized spacial score (nSPS) is 18.1. The molecule has 8 heteroatoms. The summed E-state index contributed by atoms with van der Waals surface area (Å²) in [6, 6.07) is 11.3. The highest BCUT2D eigenvalue weighted by Gasteiger charge is 2.49. The van der Waals surface area contributed by atoms with E-state index in [2.05, 4.69) is 4.98 Å². The molecule has 2 aromatic carbocycles. The van der Waals surface area contributed by atoms with E-state index in [9.17, 15) is 19.1 Å². The van der Waals surface area contributed by atoms with Gasteiger partial charge in [0.05, 0.1) is 22.1 Å². The summed E-state index contributed by atoms with van der Waals surface area (Å²) in [5, 5.41) is 11.3. The Morgan fingerprint density at radius 3 is 2.59 bits per heavy atom. The van der Waals surface area contributed by atoms with Crippen molar-refractivity contribution in [3.63, 3.8) is 0 Å². The molecule has 1 fully saturated rings. The van der Waals surface area contributed by atoms with Gasteiger partial charge in [0.15, 0.2) is 5.13 Å². The van der Waals surface area contributed by atoms with Crippen molar-refractivity contribution in [2.24, 2.45) is 0 Å². The highest BCUT2D eigenvalue weighted by Crippen LogP contribution is 2.44. The Morgan fingerprint density at radius 2 is 1.91 bits per heavy atom. The van der Waals surface area contributed by atoms with E-state index in [1.54, 1.807) is 12.1 Å². The second kappa shape index (κ2) is 7.42. The van der Waals surface area contributed by atoms with Crippen LogP contribution >= 0.6 is 11.3 Å². The van der Waals surface area contributed by atoms with Crippen LogP contribution in [-0.4, -0.2) is 21.8 Å². The van der Waals surface area contributed by atoms with Crippen LogP contribution in [0.15, 0.2) is 64.8 Å². The molecular weight excluding hydrogens is 431 g/mol. The Kier molecular flexibility index (Phi) is 4.67. The minimum atomic E-state index is -1.00. The lowest BCUT2D eigenvalue weighted by molar-refractivity contribution is -0.132. The van der Waals surface area contributed by atoms with Crippen LogP contribution in [0, 0.1) is 19.7 Å². The molecule has 1 amide bonds. The molecule has 0 bridgehead atoms. The van der Waals surface area contributed by atoms with Crippen LogP contribution < -0.4 is 4.90 Å². The maximum atomic E-state index is 13.4. The zero-order valence-corrected chi connectivity index (χ0v) is 17.9. The minimum Gasteiger partial charge on any atom is -0.507 e. The van der Waals surface area contributed by atoms with Crippen LogP contribution in [0.25, 0.3) is 16.0 Å². The number of amides is 1. The number of hydrogen-bond donors (Lipinski definition) is 1. The third-order valence-corrected chi connectivity index (χ3v) is 6.40. The Hall–Kier alpha value is -3.78. The molecule has 4 aromatic rings. The first kappa shape index (κ1) is 20.1. The van der Waals surface area contributed by atoms with Gasteiger partial charge in [-0.25, -0.2) is 9.37 Å². The number of aromatic nitrogens is 1. The van der Waals surface area contributed by atoms with Crippen LogP contribution in [0.4, 0.5) is 9.52 Å². The van der Waals surface area contributed by atoms with Crippen molar-refractivity contribution < 1.29 is 23.5 Å². The highest BCUT2D eigenvalue weighted by molar-refractivity contribution is 7.22. The van der Waals surface area contributed by atoms with Gasteiger partial charge in [-0.15, -0.1) is 0 Å². The molecular formula is C24H17FN2O4S. The van der Waals surface area contributed by atoms with E-state index in [0.29, 0.717) is 10.9 Å². The third kappa shape index (κ3) is 3.11. The molecule has 1 aliphatic heterocycles. The van der Waals surface area contributed by atoms with E-state index in [0.717, 1.165) is 21.3 Å². The predicted octanol–water partition coefficient (Wildman–Crippen LogP) is 5.27. The SMILES string of the molecule is Cc1cc(C)c2nc(N3C(=O)C(=O)/C(=C(/O)c4ccc(F)cc4)C3c3ccco3)sc2c1. The quantitative estimate of drug-likeness (QED) is 0.262. The maximum Gasteiger partial charge on any atom is 0.302 e. The summed E-state index contributed by atoms with van der Waals surface area (Å²) in [6.45, 7) is 3.91. The van der Waals surface area contributed by atoms with E-state index < -0.39 is 29.3 Å². The van der Waals surface area contributed by atoms with Crippen LogP contribution in [0.3, 0.4) is 0 Å². The van der Waals surface area contributed by atoms with Gasteiger partial charge in [0.25, 0.3) is 5.78 Å². The van der Waals surface area contributed by atoms with E-state index in [1.807, 2.05) is 26.0 Å². The molecule has 0 saturated carbocycles. The van der Waals surface area contributed by atoms with Crippen molar-refractivity contribution in [3.8, 4) is 0 Å². The van der Waals surface area contributed by atoms with Gasteiger partial charge < -0.3 is 9.52 Å². The molecule has 0 radical (unpaired) electrons. The molecule has 5 rings (SSSR count). The number of rotatable bonds is 3. The Balaban J connectivity index is 1.72. The topological polar surface area (TPSA) is 83.6 Å². The van der Waals surface area contributed by atoms with Crippen LogP contribution in [0.1, 0.15) is 28.5 Å². The predicted molar refractivity (Wildman–Crippen MR) is 119 cm³/mol. The number of nitrogens with zero attached hydrogens (tertiary/aromatic N) is 2. The van der Waals surface area contributed by atoms with Gasteiger partial charge >= 0.3 is 5.91 Å². The number of carbonyl (C=O) groups is 2. The number of furan rings is 1. The van der Waals surface area contributed by atoms with Crippen molar-refractivity contribution in [2.45, 2.75) is 19.9 Å². The number of fused-ring (bicyclic) bond motifs is 1. The molecule has 1 saturated heterocycles. The summed E-state index contributed by atoms with van der Waals surface area (Å²) in [6.07, 6.45) is 1.43. The number of benzene rings is 2. The van der Waals surface area contributed by atoms with Crippen LogP contribution in [-0.2, 0) is 9.59 Å². The van der Waals surface area contributed by atoms with Gasteiger partial charge in [0.2, 0.25) is 0 Å². The van der Waals surface area contributed by atoms with E-state index in [1.165, 1.54) is 46.8 Å². The molecule has 1 unspecified atom stereocenters. The van der Waals surface area contributed by atoms with Crippen LogP contribution in [0.2, 0.25) is 0 Å². The van der Waals surface area contributed by atoms with Crippen molar-refractivity contribution in [2.75, 3.05) is 4.90 Å². The van der Waals surface area contributed by atoms with Gasteiger partial charge in [0, 0.05) is 5.56 Å². The lowest BCUT2D eigenvalue weighted by atomic mass is 9.99. The molecule has 160 valence electrons. The Bertz CT molecular complexity index is 1400. The minimum absolute atomic E-state index is 0.135. The number of hydrogen-bond acceptors (Lipinski definition) is 6. The van der Waals surface area contributed by atoms with E-state index in [-0.39, 0.29) is 11.1 Å². The monoisotopic (exact) mass is 448 g/mol. The van der Waals surface area contributed by atoms with Crippen molar-refractivity contribution >= 4 is 44.1 Å². The fourth-order valence-corrected chi connectivity index (χ4v) is 5.14. The molecule has 2 aromatic heterocycles. The van der Waals surface area contributed by atoms with Crippen LogP contribution in [0.5, 0.6) is 0 Å². The Labute approximate surface area is 186 Å². The summed E-state index contributed by atoms with van der Waals surface area (Å²) in [5.74, 6) is -2.26. The average Bonchev–Trinajstić information content (AvgIpc) is 3.47. The van der Waals surface area contributed by atoms with Gasteiger partial charge in [0.1, 0.15) is 23.4 Å². The largest absolute Gasteiger partial charge is 0.507 e. The second-order valence-corrected chi connectivity index (χ2v) is 8.63. The summed E-state index contributed by atoms with van der Waals surface area (Å²) < 4.78 is 19.8. The molecule has 1 aliphatic rings. The first-order valence-electron chi connectivity index (χ1n) is 9.83. The zero-order chi connectivity index (χ0) is 22.6. The lowest BCUT2D eigenvalue weighted by Gasteiger charge is -2.20. The number of anilines is 1. The number of halogens is 1. The number of Topliss-reactive ketones (excluding diaryl/α,β-unsaturated/α-hetero) is 1. The maximum absolute atomic E-state index is 13.4. The summed E-state index contributed by atoms with van der Waals surface area (Å²) in [4.78, 5) is 32.1. The fraction of sp³-hybridized carbons (Fsp3) is 0.125. The standard InChI is InChI=1S/C24H17FN2O4S/c1-12-10-13(2)19-17(11-12)32-24(26-19)27-20(16-4-3-9-31-16)18(22(29)23(27)30)21(28)14-5-7-15(25)8-6-14/h3-11,20,28H,1-2H3/b21-18+. The lowest BCUT2D eigenvalue weighted by Crippen LogP contribution is -2.29. The van der Waals surface area contributed by atoms with E-state index >= 15 is 0 Å². The van der Waals surface area contributed by atoms with Gasteiger partial charge in [-0.3, -0.25) is 14.5 Å². The Morgan fingerprint density at radius 1 is 1.16 bits per heavy atom. The highest BCUT2D eigenvalue weighted by atomic mass is 32.1. The van der Waals surface area contributed by atoms with Gasteiger partial charge in [-0.2, -0.15) is 0 Å². The van der Waals surface area contributed by atoms with Gasteiger partial charge in [-0.1, -0.05) is 17.4 Å². The fourth-order valence-electron chi connectivity index (χ4n) is 3.97. The molecule has 1 N–H and O–H groups in total. The number of carbonyl (C=O) groups excluding carboxylic acids is 2. The van der Waals surface area contributed by atoms with Gasteiger partial charge in [-0.05, 0) is 67.4 Å². The summed E-state index contributed by atoms with van der Waals surface area (Å²) in [5.41, 5.74) is 2.85. The van der Waals surface area contributed by atoms with E-state index in [4.69, 9.17) is 4.42 Å². The molecule has 3 heterocycles. The average molecular weight is 448 g/mol. The number of ketones is 1. The molecule has 32 heavy (non-hydrogen) atoms. The second-order valence-electron chi connectivity index (χ2n) is 7.62. The summed E-state index contributed by atoms with van der Waals surface area (Å²) >= 11 is 1.29. The van der Waals surface area contributed by atoms with Crippen molar-refractivity contribution in [3.05, 3.63) is 88.6 Å². The number of aryl methyl sites for hydroxylation is 2. The zero-order valence-electron chi connectivity index (χ0n) is 17.1. The summed E-state index contributed by atoms with van der Waals surface area (Å²) in [7, 11) is 0. The molecule has 0 aliphatic carbocycles. The first-order valence-corrected chi connectivity index (χ1v) is 10.6. The smallest absolute Gasteiger partial charge is 0.302 e. The van der Waals surface area contributed by atoms with Crippen molar-refractivity contribution in [1.82, 2.24) is 4.98 Å². The first-order chi connectivity index (χ1) is 15.3. The molecule has 1 atom stereocenters. The third-order valence-electron chi connectivity index (χ3n) is 5.40. The molecule has 6 nitrogen and oxygen atoms in total. The number of aliphatic hydroxyl groups excluding tert-OH is 1. The van der Waals surface area contributed by atoms with Crippen molar-refractivity contribution in [1.29, 1.82) is 0 Å². The number of aliphatic hydroxyl groups is 1.